The molecule has 0 bridgehead atoms. The molecule has 0 fully saturated rings. The topological polar surface area (TPSA) is 47.8 Å². The maximum absolute atomic E-state index is 12.0. The van der Waals surface area contributed by atoms with E-state index in [0.717, 1.165) is 16.5 Å². The third-order valence-electron chi connectivity index (χ3n) is 3.21. The van der Waals surface area contributed by atoms with E-state index in [9.17, 15) is 4.79 Å². The van der Waals surface area contributed by atoms with E-state index in [1.54, 1.807) is 17.7 Å². The quantitative estimate of drug-likeness (QED) is 0.680. The molecule has 2 aromatic heterocycles. The van der Waals surface area contributed by atoms with Gasteiger partial charge in [-0.2, -0.15) is 0 Å². The number of para-hydroxylation sites is 1. The van der Waals surface area contributed by atoms with Crippen molar-refractivity contribution in [3.8, 4) is 0 Å². The third-order valence-corrected chi connectivity index (χ3v) is 3.41. The number of aromatic nitrogens is 3. The number of fused-ring (bicyclic) bond motifs is 1. The number of hydrogen-bond donors (Lipinski definition) is 0. The molecule has 0 amide bonds. The number of halogens is 1. The summed E-state index contributed by atoms with van der Waals surface area (Å²) in [4.78, 5) is 20.5. The van der Waals surface area contributed by atoms with E-state index in [1.165, 1.54) is 6.07 Å². The van der Waals surface area contributed by atoms with Gasteiger partial charge in [-0.05, 0) is 18.6 Å². The van der Waals surface area contributed by atoms with Crippen LogP contribution in [-0.2, 0) is 6.54 Å². The zero-order chi connectivity index (χ0) is 14.1. The average Bonchev–Trinajstić information content (AvgIpc) is 2.43. The van der Waals surface area contributed by atoms with E-state index in [4.69, 9.17) is 11.6 Å². The first kappa shape index (κ1) is 12.8. The summed E-state index contributed by atoms with van der Waals surface area (Å²) in [7, 11) is 0. The van der Waals surface area contributed by atoms with E-state index in [1.807, 2.05) is 30.3 Å². The molecule has 0 aliphatic rings. The van der Waals surface area contributed by atoms with E-state index >= 15 is 0 Å². The Morgan fingerprint density at radius 2 is 2.05 bits per heavy atom. The van der Waals surface area contributed by atoms with Crippen molar-refractivity contribution >= 4 is 22.5 Å². The lowest BCUT2D eigenvalue weighted by Crippen LogP contribution is -2.23. The molecule has 0 aliphatic carbocycles. The molecule has 5 heteroatoms. The Hall–Kier alpha value is -2.20. The minimum Gasteiger partial charge on any atom is -0.292 e. The lowest BCUT2D eigenvalue weighted by molar-refractivity contribution is 0.703. The Balaban J connectivity index is 2.13. The summed E-state index contributed by atoms with van der Waals surface area (Å²) in [5.74, 6) is 0.593. The van der Waals surface area contributed by atoms with Gasteiger partial charge in [-0.15, -0.1) is 0 Å². The van der Waals surface area contributed by atoms with Crippen LogP contribution < -0.4 is 5.56 Å². The maximum atomic E-state index is 12.0. The van der Waals surface area contributed by atoms with Crippen LogP contribution in [0, 0.1) is 6.92 Å². The van der Waals surface area contributed by atoms with E-state index < -0.39 is 0 Å². The molecule has 0 unspecified atom stereocenters. The van der Waals surface area contributed by atoms with Crippen molar-refractivity contribution < 1.29 is 0 Å². The highest BCUT2D eigenvalue weighted by atomic mass is 35.5. The molecule has 1 aromatic carbocycles. The van der Waals surface area contributed by atoms with Gasteiger partial charge in [0.15, 0.2) is 0 Å². The molecule has 0 aliphatic heterocycles. The molecule has 3 rings (SSSR count). The fraction of sp³-hybridized carbons (Fsp3) is 0.133. The number of nitrogens with zero attached hydrogens (tertiary/aromatic N) is 3. The maximum Gasteiger partial charge on any atom is 0.255 e. The number of rotatable bonds is 2. The van der Waals surface area contributed by atoms with Gasteiger partial charge < -0.3 is 0 Å². The highest BCUT2D eigenvalue weighted by Crippen LogP contribution is 2.17. The normalized spacial score (nSPS) is 10.9. The molecular weight excluding hydrogens is 274 g/mol. The van der Waals surface area contributed by atoms with Gasteiger partial charge in [0.05, 0.1) is 12.1 Å². The Morgan fingerprint density at radius 1 is 1.25 bits per heavy atom. The smallest absolute Gasteiger partial charge is 0.255 e. The fourth-order valence-electron chi connectivity index (χ4n) is 2.24. The molecule has 0 spiro atoms. The number of benzene rings is 1. The van der Waals surface area contributed by atoms with Crippen molar-refractivity contribution in [3.63, 3.8) is 0 Å². The van der Waals surface area contributed by atoms with Gasteiger partial charge in [-0.25, -0.2) is 4.98 Å². The van der Waals surface area contributed by atoms with Crippen LogP contribution in [-0.4, -0.2) is 14.5 Å². The molecule has 4 nitrogen and oxygen atoms in total. The van der Waals surface area contributed by atoms with E-state index in [2.05, 4.69) is 9.97 Å². The molecule has 20 heavy (non-hydrogen) atoms. The zero-order valence-corrected chi connectivity index (χ0v) is 11.6. The van der Waals surface area contributed by atoms with Crippen molar-refractivity contribution in [2.75, 3.05) is 0 Å². The first-order valence-electron chi connectivity index (χ1n) is 6.22. The Bertz CT molecular complexity index is 837. The summed E-state index contributed by atoms with van der Waals surface area (Å²) in [6, 6.07) is 11.2. The van der Waals surface area contributed by atoms with Crippen LogP contribution in [0.4, 0.5) is 0 Å². The van der Waals surface area contributed by atoms with E-state index in [-0.39, 0.29) is 10.7 Å². The van der Waals surface area contributed by atoms with Gasteiger partial charge in [0.25, 0.3) is 5.56 Å². The van der Waals surface area contributed by atoms with Gasteiger partial charge in [0, 0.05) is 17.6 Å². The molecule has 3 aromatic rings. The molecule has 0 atom stereocenters. The predicted molar refractivity (Wildman–Crippen MR) is 79.1 cm³/mol. The Morgan fingerprint density at radius 3 is 2.85 bits per heavy atom. The number of pyridine rings is 1. The highest BCUT2D eigenvalue weighted by Gasteiger charge is 2.07. The third kappa shape index (κ3) is 2.30. The number of hydrogen-bond acceptors (Lipinski definition) is 3. The van der Waals surface area contributed by atoms with Crippen LogP contribution in [0.3, 0.4) is 0 Å². The highest BCUT2D eigenvalue weighted by molar-refractivity contribution is 6.29. The van der Waals surface area contributed by atoms with Gasteiger partial charge in [0.1, 0.15) is 11.0 Å². The minimum absolute atomic E-state index is 0.157. The molecule has 2 heterocycles. The first-order valence-corrected chi connectivity index (χ1v) is 6.59. The molecule has 100 valence electrons. The largest absolute Gasteiger partial charge is 0.292 e. The van der Waals surface area contributed by atoms with Crippen molar-refractivity contribution in [1.29, 1.82) is 0 Å². The van der Waals surface area contributed by atoms with Gasteiger partial charge in [0.2, 0.25) is 0 Å². The first-order chi connectivity index (χ1) is 9.65. The van der Waals surface area contributed by atoms with Gasteiger partial charge in [-0.1, -0.05) is 35.9 Å². The van der Waals surface area contributed by atoms with Crippen molar-refractivity contribution in [2.24, 2.45) is 0 Å². The zero-order valence-electron chi connectivity index (χ0n) is 10.9. The summed E-state index contributed by atoms with van der Waals surface area (Å²) in [6.07, 6.45) is 1.75. The second kappa shape index (κ2) is 5.06. The Kier molecular flexibility index (Phi) is 3.24. The lowest BCUT2D eigenvalue weighted by atomic mass is 10.1. The summed E-state index contributed by atoms with van der Waals surface area (Å²) in [5.41, 5.74) is 1.73. The van der Waals surface area contributed by atoms with Crippen LogP contribution in [0.15, 0.2) is 47.4 Å². The van der Waals surface area contributed by atoms with Crippen LogP contribution in [0.2, 0.25) is 5.15 Å². The van der Waals surface area contributed by atoms with Gasteiger partial charge in [-0.3, -0.25) is 14.3 Å². The van der Waals surface area contributed by atoms with Crippen molar-refractivity contribution in [3.05, 3.63) is 69.5 Å². The lowest BCUT2D eigenvalue weighted by Gasteiger charge is -2.10. The second-order valence-electron chi connectivity index (χ2n) is 4.54. The van der Waals surface area contributed by atoms with Crippen molar-refractivity contribution in [1.82, 2.24) is 14.5 Å². The summed E-state index contributed by atoms with van der Waals surface area (Å²) < 4.78 is 1.59. The SMILES string of the molecule is Cc1nc(Cl)cc(=O)n1Cc1cccc2cccnc12. The number of aryl methyl sites for hydroxylation is 1. The molecule has 0 saturated heterocycles. The molecule has 0 saturated carbocycles. The second-order valence-corrected chi connectivity index (χ2v) is 4.93. The van der Waals surface area contributed by atoms with Crippen LogP contribution in [0.5, 0.6) is 0 Å². The summed E-state index contributed by atoms with van der Waals surface area (Å²) >= 11 is 5.78. The molecule has 0 N–H and O–H groups in total. The van der Waals surface area contributed by atoms with Crippen LogP contribution in [0.1, 0.15) is 11.4 Å². The molecule has 0 radical (unpaired) electrons. The summed E-state index contributed by atoms with van der Waals surface area (Å²) in [5, 5.41) is 1.28. The fourth-order valence-corrected chi connectivity index (χ4v) is 2.46. The monoisotopic (exact) mass is 285 g/mol. The minimum atomic E-state index is -0.157. The van der Waals surface area contributed by atoms with Gasteiger partial charge >= 0.3 is 0 Å². The van der Waals surface area contributed by atoms with Crippen LogP contribution >= 0.6 is 11.6 Å². The average molecular weight is 286 g/mol. The predicted octanol–water partition coefficient (Wildman–Crippen LogP) is 2.80. The van der Waals surface area contributed by atoms with E-state index in [0.29, 0.717) is 12.4 Å². The molecular formula is C15H12ClN3O. The standard InChI is InChI=1S/C15H12ClN3O/c1-10-18-13(16)8-14(20)19(10)9-12-5-2-4-11-6-3-7-17-15(11)12/h2-8H,9H2,1H3. The van der Waals surface area contributed by atoms with Crippen molar-refractivity contribution in [2.45, 2.75) is 13.5 Å². The van der Waals surface area contributed by atoms with Crippen LogP contribution in [0.25, 0.3) is 10.9 Å². The summed E-state index contributed by atoms with van der Waals surface area (Å²) in [6.45, 7) is 2.20. The Labute approximate surface area is 120 Å².